The third-order valence-electron chi connectivity index (χ3n) is 2.12. The Hall–Kier alpha value is -0.550. The van der Waals surface area contributed by atoms with Crippen molar-refractivity contribution in [3.8, 4) is 0 Å². The predicted molar refractivity (Wildman–Crippen MR) is 63.7 cm³/mol. The van der Waals surface area contributed by atoms with Gasteiger partial charge in [-0.15, -0.1) is 11.6 Å². The molecule has 17 heavy (non-hydrogen) atoms. The molecule has 0 saturated heterocycles. The number of alkyl halides is 5. The van der Waals surface area contributed by atoms with Crippen LogP contribution in [0.2, 0.25) is 0 Å². The lowest BCUT2D eigenvalue weighted by Gasteiger charge is -2.11. The number of rotatable bonds is 3. The smallest absolute Gasteiger partial charge is 0.293 e. The van der Waals surface area contributed by atoms with Gasteiger partial charge in [-0.25, -0.2) is 0 Å². The highest BCUT2D eigenvalue weighted by molar-refractivity contribution is 9.08. The fourth-order valence-corrected chi connectivity index (χ4v) is 1.75. The zero-order valence-electron chi connectivity index (χ0n) is 8.81. The Morgan fingerprint density at radius 2 is 2.00 bits per heavy atom. The Labute approximate surface area is 110 Å². The molecule has 1 aromatic rings. The lowest BCUT2D eigenvalue weighted by atomic mass is 10.0. The van der Waals surface area contributed by atoms with Gasteiger partial charge in [0.2, 0.25) is 0 Å². The molecule has 0 aliphatic carbocycles. The van der Waals surface area contributed by atoms with Crippen molar-refractivity contribution in [1.82, 2.24) is 0 Å². The number of ketones is 1. The van der Waals surface area contributed by atoms with Crippen molar-refractivity contribution < 1.29 is 18.0 Å². The number of hydrogen-bond acceptors (Lipinski definition) is 1. The normalized spacial score (nSPS) is 13.5. The Bertz CT molecular complexity index is 429. The Kier molecular flexibility index (Phi) is 4.61. The lowest BCUT2D eigenvalue weighted by molar-refractivity contribution is -0.137. The van der Waals surface area contributed by atoms with Gasteiger partial charge in [-0.1, -0.05) is 15.9 Å². The molecular weight excluding hydrogens is 320 g/mol. The van der Waals surface area contributed by atoms with Crippen LogP contribution >= 0.6 is 27.5 Å². The largest absolute Gasteiger partial charge is 0.416 e. The van der Waals surface area contributed by atoms with E-state index in [-0.39, 0.29) is 10.9 Å². The minimum atomic E-state index is -4.47. The molecule has 1 rings (SSSR count). The molecule has 0 fully saturated rings. The van der Waals surface area contributed by atoms with Gasteiger partial charge in [-0.3, -0.25) is 4.79 Å². The molecule has 1 unspecified atom stereocenters. The van der Waals surface area contributed by atoms with E-state index in [1.807, 2.05) is 0 Å². The minimum absolute atomic E-state index is 0.0169. The van der Waals surface area contributed by atoms with Gasteiger partial charge < -0.3 is 0 Å². The van der Waals surface area contributed by atoms with Gasteiger partial charge in [-0.2, -0.15) is 13.2 Å². The van der Waals surface area contributed by atoms with Gasteiger partial charge in [0.1, 0.15) is 0 Å². The average molecular weight is 330 g/mol. The topological polar surface area (TPSA) is 17.1 Å². The van der Waals surface area contributed by atoms with E-state index >= 15 is 0 Å². The molecule has 0 N–H and O–H groups in total. The summed E-state index contributed by atoms with van der Waals surface area (Å²) in [5.41, 5.74) is -0.465. The molecule has 1 aromatic carbocycles. The highest BCUT2D eigenvalue weighted by atomic mass is 79.9. The highest BCUT2D eigenvalue weighted by Crippen LogP contribution is 2.31. The Morgan fingerprint density at radius 1 is 1.41 bits per heavy atom. The summed E-state index contributed by atoms with van der Waals surface area (Å²) >= 11 is 8.65. The second-order valence-electron chi connectivity index (χ2n) is 3.53. The van der Waals surface area contributed by atoms with Crippen LogP contribution in [0.5, 0.6) is 0 Å². The van der Waals surface area contributed by atoms with E-state index < -0.39 is 22.9 Å². The van der Waals surface area contributed by atoms with E-state index in [0.717, 1.165) is 12.1 Å². The molecule has 0 aliphatic rings. The molecule has 94 valence electrons. The number of benzene rings is 1. The van der Waals surface area contributed by atoms with E-state index in [0.29, 0.717) is 5.56 Å². The summed E-state index contributed by atoms with van der Waals surface area (Å²) in [5.74, 6) is -0.514. The zero-order valence-corrected chi connectivity index (χ0v) is 11.2. The van der Waals surface area contributed by atoms with Crippen LogP contribution in [-0.4, -0.2) is 11.2 Å². The summed E-state index contributed by atoms with van der Waals surface area (Å²) < 4.78 is 37.8. The second-order valence-corrected chi connectivity index (χ2v) is 4.75. The molecule has 0 amide bonds. The number of carbonyl (C=O) groups excluding carboxylic acids is 1. The van der Waals surface area contributed by atoms with Crippen LogP contribution in [-0.2, 0) is 11.5 Å². The first kappa shape index (κ1) is 14.5. The van der Waals surface area contributed by atoms with E-state index in [1.165, 1.54) is 13.0 Å². The van der Waals surface area contributed by atoms with Gasteiger partial charge in [0, 0.05) is 10.9 Å². The maximum Gasteiger partial charge on any atom is 0.416 e. The molecule has 0 heterocycles. The molecule has 1 nitrogen and oxygen atoms in total. The first-order chi connectivity index (χ1) is 7.75. The van der Waals surface area contributed by atoms with Gasteiger partial charge in [0.15, 0.2) is 5.78 Å². The third-order valence-corrected chi connectivity index (χ3v) is 2.97. The summed E-state index contributed by atoms with van der Waals surface area (Å²) in [5, 5.41) is -0.602. The van der Waals surface area contributed by atoms with Gasteiger partial charge >= 0.3 is 6.18 Å². The van der Waals surface area contributed by atoms with E-state index in [1.54, 1.807) is 0 Å². The van der Waals surface area contributed by atoms with Crippen LogP contribution in [0.25, 0.3) is 0 Å². The summed E-state index contributed by atoms with van der Waals surface area (Å²) in [4.78, 5) is 11.6. The van der Waals surface area contributed by atoms with Gasteiger partial charge in [0.25, 0.3) is 0 Å². The first-order valence-corrected chi connectivity index (χ1v) is 6.27. The van der Waals surface area contributed by atoms with Gasteiger partial charge in [-0.05, 0) is 30.7 Å². The van der Waals surface area contributed by atoms with Crippen molar-refractivity contribution >= 4 is 33.3 Å². The quantitative estimate of drug-likeness (QED) is 0.593. The van der Waals surface area contributed by atoms with Crippen molar-refractivity contribution in [2.75, 3.05) is 0 Å². The molecule has 0 aliphatic heterocycles. The maximum atomic E-state index is 12.6. The molecule has 0 aromatic heterocycles. The summed E-state index contributed by atoms with van der Waals surface area (Å²) in [6.45, 7) is 1.43. The van der Waals surface area contributed by atoms with Crippen LogP contribution in [0.15, 0.2) is 18.2 Å². The summed E-state index contributed by atoms with van der Waals surface area (Å²) in [7, 11) is 0. The van der Waals surface area contributed by atoms with Crippen LogP contribution < -0.4 is 0 Å². The van der Waals surface area contributed by atoms with E-state index in [2.05, 4.69) is 15.9 Å². The third kappa shape index (κ3) is 3.71. The van der Waals surface area contributed by atoms with Crippen molar-refractivity contribution in [3.05, 3.63) is 34.9 Å². The number of Topliss-reactive ketones (excluding diaryl/α,β-unsaturated/α-hetero) is 1. The SMILES string of the molecule is CC(Cl)C(=O)c1cc(CBr)cc(C(F)(F)F)c1. The van der Waals surface area contributed by atoms with Crippen molar-refractivity contribution in [2.45, 2.75) is 23.8 Å². The van der Waals surface area contributed by atoms with Crippen LogP contribution in [0.4, 0.5) is 13.2 Å². The van der Waals surface area contributed by atoms with Crippen molar-refractivity contribution in [1.29, 1.82) is 0 Å². The van der Waals surface area contributed by atoms with Crippen LogP contribution in [0.1, 0.15) is 28.4 Å². The molecule has 0 radical (unpaired) electrons. The number of hydrogen-bond donors (Lipinski definition) is 0. The predicted octanol–water partition coefficient (Wildman–Crippen LogP) is 4.41. The highest BCUT2D eigenvalue weighted by Gasteiger charge is 2.31. The fraction of sp³-hybridized carbons (Fsp3) is 0.364. The Balaban J connectivity index is 3.28. The van der Waals surface area contributed by atoms with Crippen molar-refractivity contribution in [3.63, 3.8) is 0 Å². The van der Waals surface area contributed by atoms with E-state index in [4.69, 9.17) is 11.6 Å². The molecule has 0 bridgehead atoms. The zero-order chi connectivity index (χ0) is 13.2. The first-order valence-electron chi connectivity index (χ1n) is 4.71. The van der Waals surface area contributed by atoms with Gasteiger partial charge in [0.05, 0.1) is 10.9 Å². The fourth-order valence-electron chi connectivity index (χ4n) is 1.30. The Morgan fingerprint density at radius 3 is 2.41 bits per heavy atom. The van der Waals surface area contributed by atoms with Crippen LogP contribution in [0, 0.1) is 0 Å². The lowest BCUT2D eigenvalue weighted by Crippen LogP contribution is -2.13. The monoisotopic (exact) mass is 328 g/mol. The van der Waals surface area contributed by atoms with E-state index in [9.17, 15) is 18.0 Å². The van der Waals surface area contributed by atoms with Crippen molar-refractivity contribution in [2.24, 2.45) is 0 Å². The molecule has 0 saturated carbocycles. The van der Waals surface area contributed by atoms with Crippen LogP contribution in [0.3, 0.4) is 0 Å². The standard InChI is InChI=1S/C11H9BrClF3O/c1-6(13)10(17)8-2-7(5-12)3-9(4-8)11(14,15)16/h2-4,6H,5H2,1H3. The number of halogens is 5. The second kappa shape index (κ2) is 5.40. The summed E-state index contributed by atoms with van der Waals surface area (Å²) in [6, 6.07) is 3.24. The maximum absolute atomic E-state index is 12.6. The average Bonchev–Trinajstić information content (AvgIpc) is 2.26. The molecule has 0 spiro atoms. The summed E-state index contributed by atoms with van der Waals surface area (Å²) in [6.07, 6.45) is -4.47. The number of carbonyl (C=O) groups is 1. The molecule has 1 atom stereocenters. The molecule has 6 heteroatoms. The molecular formula is C11H9BrClF3O. The minimum Gasteiger partial charge on any atom is -0.293 e.